The fraction of sp³-hybridized carbons (Fsp3) is 0.133. The summed E-state index contributed by atoms with van der Waals surface area (Å²) in [5.41, 5.74) is 10.1. The molecule has 2 aromatic rings. The van der Waals surface area contributed by atoms with Gasteiger partial charge in [0.1, 0.15) is 0 Å². The van der Waals surface area contributed by atoms with Crippen molar-refractivity contribution >= 4 is 28.7 Å². The zero-order valence-electron chi connectivity index (χ0n) is 10.6. The number of nitrogen functional groups attached to an aromatic ring is 1. The van der Waals surface area contributed by atoms with E-state index in [1.807, 2.05) is 37.3 Å². The topological polar surface area (TPSA) is 61.8 Å². The smallest absolute Gasteiger partial charge is 0.0670 e. The van der Waals surface area contributed by atoms with Crippen molar-refractivity contribution in [3.63, 3.8) is 0 Å². The number of hydrogen-bond donors (Lipinski definition) is 2. The van der Waals surface area contributed by atoms with Crippen molar-refractivity contribution in [1.82, 2.24) is 0 Å². The Kier molecular flexibility index (Phi) is 3.94. The van der Waals surface area contributed by atoms with E-state index in [9.17, 15) is 0 Å². The number of benzene rings is 2. The lowest BCUT2D eigenvalue weighted by Crippen LogP contribution is -1.97. The van der Waals surface area contributed by atoms with Crippen LogP contribution in [-0.4, -0.2) is 0 Å². The third kappa shape index (κ3) is 3.18. The van der Waals surface area contributed by atoms with Crippen LogP contribution in [0.5, 0.6) is 0 Å². The summed E-state index contributed by atoms with van der Waals surface area (Å²) in [5, 5.41) is 12.6. The monoisotopic (exact) mass is 271 g/mol. The lowest BCUT2D eigenvalue weighted by atomic mass is 10.1. The van der Waals surface area contributed by atoms with E-state index in [2.05, 4.69) is 11.4 Å². The zero-order chi connectivity index (χ0) is 13.8. The molecular weight excluding hydrogens is 258 g/mol. The number of nitrogens with one attached hydrogen (secondary N) is 1. The van der Waals surface area contributed by atoms with Gasteiger partial charge in [-0.1, -0.05) is 17.7 Å². The van der Waals surface area contributed by atoms with Gasteiger partial charge in [0.25, 0.3) is 0 Å². The van der Waals surface area contributed by atoms with Crippen LogP contribution in [0.15, 0.2) is 36.4 Å². The summed E-state index contributed by atoms with van der Waals surface area (Å²) in [6, 6.07) is 13.4. The maximum absolute atomic E-state index is 8.75. The molecule has 4 heteroatoms. The van der Waals surface area contributed by atoms with Gasteiger partial charge in [0, 0.05) is 11.4 Å². The summed E-state index contributed by atoms with van der Waals surface area (Å²) in [6.07, 6.45) is 0.295. The van der Waals surface area contributed by atoms with Gasteiger partial charge in [0.05, 0.1) is 23.2 Å². The van der Waals surface area contributed by atoms with Crippen LogP contribution in [0.3, 0.4) is 0 Å². The number of halogens is 1. The van der Waals surface area contributed by atoms with Gasteiger partial charge in [-0.3, -0.25) is 0 Å². The highest BCUT2D eigenvalue weighted by Gasteiger charge is 2.04. The van der Waals surface area contributed by atoms with Gasteiger partial charge >= 0.3 is 0 Å². The van der Waals surface area contributed by atoms with Crippen molar-refractivity contribution in [2.45, 2.75) is 13.3 Å². The van der Waals surface area contributed by atoms with Crippen LogP contribution in [0.25, 0.3) is 0 Å². The van der Waals surface area contributed by atoms with Crippen molar-refractivity contribution in [2.75, 3.05) is 11.1 Å². The lowest BCUT2D eigenvalue weighted by Gasteiger charge is -2.11. The molecule has 2 aromatic carbocycles. The summed E-state index contributed by atoms with van der Waals surface area (Å²) in [5.74, 6) is 0. The lowest BCUT2D eigenvalue weighted by molar-refractivity contribution is 1.27. The summed E-state index contributed by atoms with van der Waals surface area (Å²) in [7, 11) is 0. The molecule has 0 radical (unpaired) electrons. The van der Waals surface area contributed by atoms with Gasteiger partial charge in [-0.25, -0.2) is 0 Å². The number of nitrogens with zero attached hydrogens (tertiary/aromatic N) is 1. The standard InChI is InChI=1S/C15H14ClN3/c1-10-2-5-15(13(16)8-10)19-12-3-4-14(18)11(9-12)6-7-17/h2-5,8-9,19H,6,18H2,1H3. The second-order valence-electron chi connectivity index (χ2n) is 4.36. The fourth-order valence-electron chi connectivity index (χ4n) is 1.80. The zero-order valence-corrected chi connectivity index (χ0v) is 11.3. The van der Waals surface area contributed by atoms with Crippen molar-refractivity contribution in [3.05, 3.63) is 52.5 Å². The van der Waals surface area contributed by atoms with Gasteiger partial charge in [-0.15, -0.1) is 0 Å². The number of hydrogen-bond acceptors (Lipinski definition) is 3. The third-order valence-corrected chi connectivity index (χ3v) is 3.13. The van der Waals surface area contributed by atoms with Gasteiger partial charge in [-0.05, 0) is 48.4 Å². The van der Waals surface area contributed by atoms with Crippen LogP contribution < -0.4 is 11.1 Å². The average molecular weight is 272 g/mol. The molecule has 0 saturated heterocycles. The number of rotatable bonds is 3. The quantitative estimate of drug-likeness (QED) is 0.828. The summed E-state index contributed by atoms with van der Waals surface area (Å²) < 4.78 is 0. The Hall–Kier alpha value is -2.18. The van der Waals surface area contributed by atoms with Crippen molar-refractivity contribution in [1.29, 1.82) is 5.26 Å². The highest BCUT2D eigenvalue weighted by Crippen LogP contribution is 2.27. The Labute approximate surface area is 117 Å². The molecule has 0 aliphatic carbocycles. The highest BCUT2D eigenvalue weighted by atomic mass is 35.5. The molecule has 96 valence electrons. The molecule has 0 amide bonds. The van der Waals surface area contributed by atoms with E-state index >= 15 is 0 Å². The summed E-state index contributed by atoms with van der Waals surface area (Å²) >= 11 is 6.17. The predicted octanol–water partition coefficient (Wildman–Crippen LogP) is 4.04. The molecule has 0 unspecified atom stereocenters. The minimum atomic E-state index is 0.295. The summed E-state index contributed by atoms with van der Waals surface area (Å²) in [6.45, 7) is 1.99. The van der Waals surface area contributed by atoms with Crippen LogP contribution >= 0.6 is 11.6 Å². The Bertz CT molecular complexity index is 644. The van der Waals surface area contributed by atoms with E-state index in [1.54, 1.807) is 6.07 Å². The maximum atomic E-state index is 8.75. The normalized spacial score (nSPS) is 9.95. The van der Waals surface area contributed by atoms with Gasteiger partial charge in [0.15, 0.2) is 0 Å². The molecule has 0 saturated carbocycles. The Morgan fingerprint density at radius 1 is 1.26 bits per heavy atom. The van der Waals surface area contributed by atoms with Crippen LogP contribution in [0.2, 0.25) is 5.02 Å². The first kappa shape index (κ1) is 13.3. The first-order valence-corrected chi connectivity index (χ1v) is 6.26. The third-order valence-electron chi connectivity index (χ3n) is 2.82. The SMILES string of the molecule is Cc1ccc(Nc2ccc(N)c(CC#N)c2)c(Cl)c1. The number of nitrogens with two attached hydrogens (primary N) is 1. The average Bonchev–Trinajstić information content (AvgIpc) is 2.37. The fourth-order valence-corrected chi connectivity index (χ4v) is 2.08. The van der Waals surface area contributed by atoms with E-state index in [0.29, 0.717) is 17.1 Å². The number of anilines is 3. The minimum absolute atomic E-state index is 0.295. The molecule has 0 aliphatic rings. The number of nitriles is 1. The second kappa shape index (κ2) is 5.64. The Morgan fingerprint density at radius 2 is 2.05 bits per heavy atom. The largest absolute Gasteiger partial charge is 0.398 e. The minimum Gasteiger partial charge on any atom is -0.398 e. The van der Waals surface area contributed by atoms with Crippen LogP contribution in [0, 0.1) is 18.3 Å². The van der Waals surface area contributed by atoms with Gasteiger partial charge < -0.3 is 11.1 Å². The van der Waals surface area contributed by atoms with E-state index in [-0.39, 0.29) is 0 Å². The molecular formula is C15H14ClN3. The molecule has 19 heavy (non-hydrogen) atoms. The van der Waals surface area contributed by atoms with E-state index in [0.717, 1.165) is 22.5 Å². The van der Waals surface area contributed by atoms with E-state index < -0.39 is 0 Å². The van der Waals surface area contributed by atoms with Crippen LogP contribution in [0.1, 0.15) is 11.1 Å². The molecule has 0 aliphatic heterocycles. The molecule has 0 atom stereocenters. The molecule has 0 spiro atoms. The molecule has 3 N–H and O–H groups in total. The molecule has 3 nitrogen and oxygen atoms in total. The molecule has 0 bridgehead atoms. The maximum Gasteiger partial charge on any atom is 0.0670 e. The van der Waals surface area contributed by atoms with Gasteiger partial charge in [-0.2, -0.15) is 5.26 Å². The molecule has 0 heterocycles. The van der Waals surface area contributed by atoms with Crippen molar-refractivity contribution in [2.24, 2.45) is 0 Å². The van der Waals surface area contributed by atoms with Crippen molar-refractivity contribution < 1.29 is 0 Å². The predicted molar refractivity (Wildman–Crippen MR) is 79.6 cm³/mol. The molecule has 2 rings (SSSR count). The first-order valence-electron chi connectivity index (χ1n) is 5.88. The Balaban J connectivity index is 2.28. The van der Waals surface area contributed by atoms with E-state index in [1.165, 1.54) is 0 Å². The van der Waals surface area contributed by atoms with Crippen LogP contribution in [0.4, 0.5) is 17.1 Å². The van der Waals surface area contributed by atoms with Gasteiger partial charge in [0.2, 0.25) is 0 Å². The first-order chi connectivity index (χ1) is 9.10. The van der Waals surface area contributed by atoms with Crippen molar-refractivity contribution in [3.8, 4) is 6.07 Å². The molecule has 0 aromatic heterocycles. The van der Waals surface area contributed by atoms with Crippen LogP contribution in [-0.2, 0) is 6.42 Å². The summed E-state index contributed by atoms with van der Waals surface area (Å²) in [4.78, 5) is 0. The molecule has 0 fully saturated rings. The van der Waals surface area contributed by atoms with E-state index in [4.69, 9.17) is 22.6 Å². The number of aryl methyl sites for hydroxylation is 1. The second-order valence-corrected chi connectivity index (χ2v) is 4.76. The highest BCUT2D eigenvalue weighted by molar-refractivity contribution is 6.33. The Morgan fingerprint density at radius 3 is 2.74 bits per heavy atom.